The van der Waals surface area contributed by atoms with Crippen molar-refractivity contribution in [1.29, 1.82) is 0 Å². The lowest BCUT2D eigenvalue weighted by Crippen LogP contribution is -2.26. The lowest BCUT2D eigenvalue weighted by atomic mass is 10.3. The van der Waals surface area contributed by atoms with Crippen molar-refractivity contribution in [2.75, 3.05) is 12.4 Å². The van der Waals surface area contributed by atoms with Gasteiger partial charge in [-0.1, -0.05) is 6.92 Å². The Kier molecular flexibility index (Phi) is 4.71. The van der Waals surface area contributed by atoms with Crippen LogP contribution < -0.4 is 15.6 Å². The van der Waals surface area contributed by atoms with Crippen LogP contribution >= 0.6 is 0 Å². The smallest absolute Gasteiger partial charge is 0.276 e. The molecule has 2 rings (SSSR count). The quantitative estimate of drug-likeness (QED) is 0.911. The summed E-state index contributed by atoms with van der Waals surface area (Å²) in [5.41, 5.74) is 0.632. The van der Waals surface area contributed by atoms with E-state index in [0.717, 1.165) is 6.42 Å². The second-order valence-electron chi connectivity index (χ2n) is 4.46. The monoisotopic (exact) mass is 287 g/mol. The zero-order chi connectivity index (χ0) is 15.2. The van der Waals surface area contributed by atoms with E-state index in [1.165, 1.54) is 16.8 Å². The van der Waals surface area contributed by atoms with E-state index in [1.807, 2.05) is 6.92 Å². The van der Waals surface area contributed by atoms with Crippen molar-refractivity contribution in [3.8, 4) is 5.75 Å². The molecular weight excluding hydrogens is 270 g/mol. The third-order valence-electron chi connectivity index (χ3n) is 2.88. The van der Waals surface area contributed by atoms with Gasteiger partial charge in [0.15, 0.2) is 0 Å². The van der Waals surface area contributed by atoms with Crippen LogP contribution in [0.1, 0.15) is 23.8 Å². The second-order valence-corrected chi connectivity index (χ2v) is 4.46. The Hall–Kier alpha value is -2.63. The van der Waals surface area contributed by atoms with Crippen molar-refractivity contribution in [2.24, 2.45) is 0 Å². The van der Waals surface area contributed by atoms with Gasteiger partial charge in [0.25, 0.3) is 11.5 Å². The van der Waals surface area contributed by atoms with Gasteiger partial charge in [-0.3, -0.25) is 9.59 Å². The molecule has 1 aromatic carbocycles. The molecule has 6 nitrogen and oxygen atoms in total. The molecule has 0 atom stereocenters. The lowest BCUT2D eigenvalue weighted by molar-refractivity contribution is 0.101. The van der Waals surface area contributed by atoms with Crippen molar-refractivity contribution in [1.82, 2.24) is 9.78 Å². The van der Waals surface area contributed by atoms with Crippen LogP contribution in [0.15, 0.2) is 41.2 Å². The zero-order valence-electron chi connectivity index (χ0n) is 12.0. The van der Waals surface area contributed by atoms with Gasteiger partial charge in [-0.05, 0) is 36.8 Å². The fourth-order valence-electron chi connectivity index (χ4n) is 1.81. The van der Waals surface area contributed by atoms with E-state index >= 15 is 0 Å². The standard InChI is InChI=1S/C15H17N3O3/c1-3-10-18-14(19)9-8-13(17-18)15(20)16-11-4-6-12(21-2)7-5-11/h4-9H,3,10H2,1-2H3,(H,16,20). The number of methoxy groups -OCH3 is 1. The van der Waals surface area contributed by atoms with Crippen LogP contribution in [0.4, 0.5) is 5.69 Å². The minimum absolute atomic E-state index is 0.207. The van der Waals surface area contributed by atoms with Crippen LogP contribution in [0.3, 0.4) is 0 Å². The van der Waals surface area contributed by atoms with E-state index in [-0.39, 0.29) is 17.2 Å². The highest BCUT2D eigenvalue weighted by atomic mass is 16.5. The Bertz CT molecular complexity index is 677. The maximum absolute atomic E-state index is 12.1. The SMILES string of the molecule is CCCn1nc(C(=O)Nc2ccc(OC)cc2)ccc1=O. The van der Waals surface area contributed by atoms with Gasteiger partial charge in [0.05, 0.1) is 7.11 Å². The summed E-state index contributed by atoms with van der Waals surface area (Å²) >= 11 is 0. The molecule has 0 spiro atoms. The topological polar surface area (TPSA) is 73.2 Å². The third kappa shape index (κ3) is 3.68. The fourth-order valence-corrected chi connectivity index (χ4v) is 1.81. The van der Waals surface area contributed by atoms with Crippen molar-refractivity contribution < 1.29 is 9.53 Å². The van der Waals surface area contributed by atoms with Crippen molar-refractivity contribution >= 4 is 11.6 Å². The highest BCUT2D eigenvalue weighted by Gasteiger charge is 2.09. The molecule has 110 valence electrons. The van der Waals surface area contributed by atoms with Gasteiger partial charge in [-0.25, -0.2) is 4.68 Å². The van der Waals surface area contributed by atoms with Crippen LogP contribution in [0, 0.1) is 0 Å². The number of nitrogens with one attached hydrogen (secondary N) is 1. The summed E-state index contributed by atoms with van der Waals surface area (Å²) < 4.78 is 6.35. The molecule has 1 aromatic heterocycles. The molecule has 2 aromatic rings. The first-order valence-electron chi connectivity index (χ1n) is 6.67. The summed E-state index contributed by atoms with van der Waals surface area (Å²) in [5, 5.41) is 6.79. The second kappa shape index (κ2) is 6.69. The Morgan fingerprint density at radius 2 is 1.95 bits per heavy atom. The maximum Gasteiger partial charge on any atom is 0.276 e. The number of hydrogen-bond donors (Lipinski definition) is 1. The summed E-state index contributed by atoms with van der Waals surface area (Å²) in [7, 11) is 1.58. The van der Waals surface area contributed by atoms with E-state index in [1.54, 1.807) is 31.4 Å². The molecule has 0 fully saturated rings. The average Bonchev–Trinajstić information content (AvgIpc) is 2.50. The maximum atomic E-state index is 12.1. The van der Waals surface area contributed by atoms with Crippen molar-refractivity contribution in [3.63, 3.8) is 0 Å². The number of hydrogen-bond acceptors (Lipinski definition) is 4. The largest absolute Gasteiger partial charge is 0.497 e. The molecule has 0 unspecified atom stereocenters. The molecule has 0 bridgehead atoms. The van der Waals surface area contributed by atoms with Gasteiger partial charge in [0.2, 0.25) is 0 Å². The van der Waals surface area contributed by atoms with E-state index < -0.39 is 0 Å². The summed E-state index contributed by atoms with van der Waals surface area (Å²) in [6, 6.07) is 9.75. The molecule has 6 heteroatoms. The van der Waals surface area contributed by atoms with E-state index in [0.29, 0.717) is 18.0 Å². The molecule has 1 N–H and O–H groups in total. The normalized spacial score (nSPS) is 10.2. The first-order valence-corrected chi connectivity index (χ1v) is 6.67. The number of amides is 1. The third-order valence-corrected chi connectivity index (χ3v) is 2.88. The summed E-state index contributed by atoms with van der Waals surface area (Å²) in [6.45, 7) is 2.43. The summed E-state index contributed by atoms with van der Waals surface area (Å²) in [6.07, 6.45) is 0.774. The van der Waals surface area contributed by atoms with Crippen LogP contribution in [-0.4, -0.2) is 22.8 Å². The number of nitrogens with zero attached hydrogens (tertiary/aromatic N) is 2. The molecule has 0 aliphatic heterocycles. The van der Waals surface area contributed by atoms with Crippen LogP contribution in [0.25, 0.3) is 0 Å². The Balaban J connectivity index is 2.15. The van der Waals surface area contributed by atoms with Crippen LogP contribution in [0.5, 0.6) is 5.75 Å². The van der Waals surface area contributed by atoms with Crippen LogP contribution in [-0.2, 0) is 6.54 Å². The van der Waals surface area contributed by atoms with E-state index in [2.05, 4.69) is 10.4 Å². The van der Waals surface area contributed by atoms with Gasteiger partial charge in [0.1, 0.15) is 11.4 Å². The zero-order valence-corrected chi connectivity index (χ0v) is 12.0. The van der Waals surface area contributed by atoms with Crippen molar-refractivity contribution in [3.05, 3.63) is 52.4 Å². The molecule has 0 saturated heterocycles. The average molecular weight is 287 g/mol. The number of carbonyl (C=O) groups is 1. The number of aromatic nitrogens is 2. The first-order chi connectivity index (χ1) is 10.1. The predicted octanol–water partition coefficient (Wildman–Crippen LogP) is 1.91. The van der Waals surface area contributed by atoms with Crippen LogP contribution in [0.2, 0.25) is 0 Å². The number of anilines is 1. The molecule has 0 radical (unpaired) electrons. The lowest BCUT2D eigenvalue weighted by Gasteiger charge is -2.07. The number of aryl methyl sites for hydroxylation is 1. The van der Waals surface area contributed by atoms with Gasteiger partial charge in [-0.15, -0.1) is 0 Å². The highest BCUT2D eigenvalue weighted by molar-refractivity contribution is 6.02. The number of ether oxygens (including phenoxy) is 1. The first kappa shape index (κ1) is 14.8. The van der Waals surface area contributed by atoms with Gasteiger partial charge < -0.3 is 10.1 Å². The van der Waals surface area contributed by atoms with E-state index in [9.17, 15) is 9.59 Å². The molecule has 0 saturated carbocycles. The fraction of sp³-hybridized carbons (Fsp3) is 0.267. The van der Waals surface area contributed by atoms with Gasteiger partial charge in [-0.2, -0.15) is 5.10 Å². The van der Waals surface area contributed by atoms with Crippen molar-refractivity contribution in [2.45, 2.75) is 19.9 Å². The van der Waals surface area contributed by atoms with E-state index in [4.69, 9.17) is 4.74 Å². The minimum atomic E-state index is -0.356. The molecular formula is C15H17N3O3. The molecule has 1 heterocycles. The number of benzene rings is 1. The Morgan fingerprint density at radius 3 is 2.57 bits per heavy atom. The number of rotatable bonds is 5. The van der Waals surface area contributed by atoms with Gasteiger partial charge >= 0.3 is 0 Å². The predicted molar refractivity (Wildman–Crippen MR) is 79.7 cm³/mol. The number of carbonyl (C=O) groups excluding carboxylic acids is 1. The Morgan fingerprint density at radius 1 is 1.24 bits per heavy atom. The minimum Gasteiger partial charge on any atom is -0.497 e. The summed E-state index contributed by atoms with van der Waals surface area (Å²) in [5.74, 6) is 0.354. The molecule has 0 aliphatic carbocycles. The Labute approximate surface area is 122 Å². The van der Waals surface area contributed by atoms with Gasteiger partial charge in [0, 0.05) is 18.3 Å². The highest BCUT2D eigenvalue weighted by Crippen LogP contribution is 2.15. The molecule has 0 aliphatic rings. The molecule has 21 heavy (non-hydrogen) atoms. The summed E-state index contributed by atoms with van der Waals surface area (Å²) in [4.78, 5) is 23.7. The molecule has 1 amide bonds.